The zero-order valence-electron chi connectivity index (χ0n) is 20.5. The number of rotatable bonds is 4. The Balaban J connectivity index is 0.000000191. The quantitative estimate of drug-likeness (QED) is 0.153. The molecule has 0 saturated heterocycles. The molecule has 0 fully saturated rings. The number of halogens is 2. The smallest absolute Gasteiger partial charge is 0.0166 e. The highest BCUT2D eigenvalue weighted by atomic mass is 127. The van der Waals surface area contributed by atoms with E-state index in [-0.39, 0.29) is 0 Å². The van der Waals surface area contributed by atoms with Gasteiger partial charge in [0.1, 0.15) is 0 Å². The molecule has 0 spiro atoms. The second-order valence-electron chi connectivity index (χ2n) is 8.13. The Labute approximate surface area is 241 Å². The molecule has 4 aromatic carbocycles. The zero-order valence-corrected chi connectivity index (χ0v) is 26.4. The summed E-state index contributed by atoms with van der Waals surface area (Å²) in [7, 11) is 0. The highest BCUT2D eigenvalue weighted by Gasteiger charge is 2.13. The average molecular weight is 709 g/mol. The maximum atomic E-state index is 2.41. The van der Waals surface area contributed by atoms with E-state index in [0.717, 1.165) is 0 Å². The minimum atomic E-state index is 1.33. The molecule has 0 saturated carbocycles. The molecule has 0 aliphatic rings. The van der Waals surface area contributed by atoms with E-state index in [0.29, 0.717) is 0 Å². The first-order chi connectivity index (χ1) is 16.3. The predicted molar refractivity (Wildman–Crippen MR) is 172 cm³/mol. The third-order valence-corrected chi connectivity index (χ3v) is 9.89. The summed E-state index contributed by atoms with van der Waals surface area (Å²) >= 11 is 8.46. The van der Waals surface area contributed by atoms with Crippen molar-refractivity contribution in [2.75, 3.05) is 12.5 Å². The normalized spacial score (nSPS) is 10.6. The highest BCUT2D eigenvalue weighted by Crippen LogP contribution is 2.38. The van der Waals surface area contributed by atoms with Gasteiger partial charge in [-0.15, -0.1) is 23.5 Å². The Kier molecular flexibility index (Phi) is 10.4. The first-order valence-corrected chi connectivity index (χ1v) is 15.7. The molecular weight excluding hydrogens is 678 g/mol. The van der Waals surface area contributed by atoms with Crippen LogP contribution in [0.5, 0.6) is 0 Å². The maximum Gasteiger partial charge on any atom is 0.0166 e. The lowest BCUT2D eigenvalue weighted by atomic mass is 9.97. The SMILES string of the molecule is CSc1ccc(I)c(C)c1-c1ccccc1C.CSc1ccc(I)c(C)c1-c1ccccc1C. The number of aryl methyl sites for hydroxylation is 2. The van der Waals surface area contributed by atoms with Crippen LogP contribution in [0.15, 0.2) is 82.6 Å². The van der Waals surface area contributed by atoms with Gasteiger partial charge in [0.2, 0.25) is 0 Å². The van der Waals surface area contributed by atoms with Crippen LogP contribution in [0.4, 0.5) is 0 Å². The van der Waals surface area contributed by atoms with Crippen LogP contribution in [0.1, 0.15) is 22.3 Å². The van der Waals surface area contributed by atoms with Crippen LogP contribution in [0.3, 0.4) is 0 Å². The Bertz CT molecular complexity index is 1190. The predicted octanol–water partition coefficient (Wildman–Crippen LogP) is 10.6. The molecule has 4 aromatic rings. The largest absolute Gasteiger partial charge is 0.129 e. The van der Waals surface area contributed by atoms with E-state index in [1.165, 1.54) is 61.4 Å². The van der Waals surface area contributed by atoms with Crippen molar-refractivity contribution in [2.45, 2.75) is 37.5 Å². The summed E-state index contributed by atoms with van der Waals surface area (Å²) in [6.07, 6.45) is 4.28. The molecule has 0 N–H and O–H groups in total. The van der Waals surface area contributed by atoms with Crippen molar-refractivity contribution < 1.29 is 0 Å². The molecular formula is C30H30I2S2. The van der Waals surface area contributed by atoms with E-state index in [2.05, 4.69) is 158 Å². The van der Waals surface area contributed by atoms with E-state index in [9.17, 15) is 0 Å². The van der Waals surface area contributed by atoms with Crippen molar-refractivity contribution in [3.05, 3.63) is 102 Å². The van der Waals surface area contributed by atoms with Crippen LogP contribution in [-0.4, -0.2) is 12.5 Å². The minimum absolute atomic E-state index is 1.33. The summed E-state index contributed by atoms with van der Waals surface area (Å²) in [5, 5.41) is 0. The lowest BCUT2D eigenvalue weighted by Crippen LogP contribution is -1.92. The third-order valence-electron chi connectivity index (χ3n) is 5.99. The van der Waals surface area contributed by atoms with Gasteiger partial charge in [-0.2, -0.15) is 0 Å². The second-order valence-corrected chi connectivity index (χ2v) is 12.1. The molecule has 176 valence electrons. The fourth-order valence-electron chi connectivity index (χ4n) is 4.04. The Morgan fingerprint density at radius 1 is 0.500 bits per heavy atom. The van der Waals surface area contributed by atoms with Crippen LogP contribution < -0.4 is 0 Å². The number of hydrogen-bond acceptors (Lipinski definition) is 2. The van der Waals surface area contributed by atoms with Gasteiger partial charge in [-0.1, -0.05) is 48.5 Å². The second kappa shape index (κ2) is 12.8. The van der Waals surface area contributed by atoms with E-state index in [1.807, 2.05) is 23.5 Å². The molecule has 34 heavy (non-hydrogen) atoms. The van der Waals surface area contributed by atoms with Gasteiger partial charge in [-0.3, -0.25) is 0 Å². The lowest BCUT2D eigenvalue weighted by molar-refractivity contribution is 1.31. The van der Waals surface area contributed by atoms with Crippen molar-refractivity contribution >= 4 is 68.7 Å². The van der Waals surface area contributed by atoms with E-state index >= 15 is 0 Å². The van der Waals surface area contributed by atoms with Gasteiger partial charge in [-0.25, -0.2) is 0 Å². The summed E-state index contributed by atoms with van der Waals surface area (Å²) in [6.45, 7) is 8.78. The summed E-state index contributed by atoms with van der Waals surface area (Å²) < 4.78 is 2.66. The summed E-state index contributed by atoms with van der Waals surface area (Å²) in [4.78, 5) is 2.72. The molecule has 4 heteroatoms. The van der Waals surface area contributed by atoms with Crippen LogP contribution >= 0.6 is 68.7 Å². The minimum Gasteiger partial charge on any atom is -0.129 e. The molecule has 0 radical (unpaired) electrons. The fraction of sp³-hybridized carbons (Fsp3) is 0.200. The van der Waals surface area contributed by atoms with Gasteiger partial charge in [0.15, 0.2) is 0 Å². The molecule has 0 bridgehead atoms. The van der Waals surface area contributed by atoms with Crippen LogP contribution in [0.2, 0.25) is 0 Å². The van der Waals surface area contributed by atoms with Gasteiger partial charge in [0, 0.05) is 16.9 Å². The monoisotopic (exact) mass is 708 g/mol. The van der Waals surface area contributed by atoms with Crippen molar-refractivity contribution in [1.82, 2.24) is 0 Å². The number of hydrogen-bond donors (Lipinski definition) is 0. The molecule has 0 unspecified atom stereocenters. The third kappa shape index (κ3) is 6.23. The molecule has 0 amide bonds. The average Bonchev–Trinajstić information content (AvgIpc) is 2.84. The lowest BCUT2D eigenvalue weighted by Gasteiger charge is -2.15. The van der Waals surface area contributed by atoms with E-state index < -0.39 is 0 Å². The maximum absolute atomic E-state index is 2.41. The first-order valence-electron chi connectivity index (χ1n) is 11.1. The van der Waals surface area contributed by atoms with Gasteiger partial charge in [0.25, 0.3) is 0 Å². The van der Waals surface area contributed by atoms with Crippen molar-refractivity contribution in [3.63, 3.8) is 0 Å². The number of thioether (sulfide) groups is 2. The van der Waals surface area contributed by atoms with Crippen molar-refractivity contribution in [2.24, 2.45) is 0 Å². The Morgan fingerprint density at radius 3 is 1.18 bits per heavy atom. The molecule has 0 aromatic heterocycles. The zero-order chi connectivity index (χ0) is 24.8. The highest BCUT2D eigenvalue weighted by molar-refractivity contribution is 14.1. The van der Waals surface area contributed by atoms with Crippen LogP contribution in [0.25, 0.3) is 22.3 Å². The van der Waals surface area contributed by atoms with Gasteiger partial charge in [-0.05, 0) is 154 Å². The van der Waals surface area contributed by atoms with E-state index in [4.69, 9.17) is 0 Å². The standard InChI is InChI=1S/2C15H15IS/c2*1-10-6-4-5-7-12(10)15-11(2)13(16)8-9-14(15)17-3/h2*4-9H,1-3H3. The molecule has 4 rings (SSSR count). The summed E-state index contributed by atoms with van der Waals surface area (Å²) in [5.41, 5.74) is 10.9. The fourth-order valence-corrected chi connectivity index (χ4v) is 6.28. The first kappa shape index (κ1) is 27.6. The van der Waals surface area contributed by atoms with Crippen molar-refractivity contribution in [1.29, 1.82) is 0 Å². The Hall–Kier alpha value is -0.960. The summed E-state index contributed by atoms with van der Waals surface area (Å²) in [5.74, 6) is 0. The molecule has 0 aliphatic heterocycles. The van der Waals surface area contributed by atoms with Crippen LogP contribution in [-0.2, 0) is 0 Å². The Morgan fingerprint density at radius 2 is 0.853 bits per heavy atom. The topological polar surface area (TPSA) is 0 Å². The summed E-state index contributed by atoms with van der Waals surface area (Å²) in [6, 6.07) is 26.1. The van der Waals surface area contributed by atoms with E-state index in [1.54, 1.807) is 0 Å². The number of benzene rings is 4. The van der Waals surface area contributed by atoms with Crippen molar-refractivity contribution in [3.8, 4) is 22.3 Å². The van der Waals surface area contributed by atoms with Gasteiger partial charge in [0.05, 0.1) is 0 Å². The van der Waals surface area contributed by atoms with Gasteiger partial charge >= 0.3 is 0 Å². The molecule has 0 aliphatic carbocycles. The molecule has 0 heterocycles. The van der Waals surface area contributed by atoms with Crippen LogP contribution in [0, 0.1) is 34.8 Å². The molecule has 0 nitrogen and oxygen atoms in total. The van der Waals surface area contributed by atoms with Gasteiger partial charge < -0.3 is 0 Å². The molecule has 0 atom stereocenters.